The Bertz CT molecular complexity index is 565. The maximum absolute atomic E-state index is 12.5. The van der Waals surface area contributed by atoms with Gasteiger partial charge in [-0.3, -0.25) is 0 Å². The van der Waals surface area contributed by atoms with E-state index in [0.29, 0.717) is 11.4 Å². The Labute approximate surface area is 116 Å². The smallest absolute Gasteiger partial charge is 0.207 e. The van der Waals surface area contributed by atoms with Crippen molar-refractivity contribution in [1.29, 1.82) is 0 Å². The molecule has 0 radical (unpaired) electrons. The van der Waals surface area contributed by atoms with E-state index in [9.17, 15) is 8.42 Å². The van der Waals surface area contributed by atoms with Crippen molar-refractivity contribution >= 4 is 10.0 Å². The van der Waals surface area contributed by atoms with Gasteiger partial charge in [0.2, 0.25) is 10.0 Å². The Morgan fingerprint density at radius 3 is 2.47 bits per heavy atom. The number of rotatable bonds is 6. The summed E-state index contributed by atoms with van der Waals surface area (Å²) in [5.41, 5.74) is 0. The first-order chi connectivity index (χ1) is 9.12. The number of benzene rings is 1. The van der Waals surface area contributed by atoms with Crippen LogP contribution in [0.3, 0.4) is 0 Å². The van der Waals surface area contributed by atoms with Gasteiger partial charge in [0.15, 0.2) is 0 Å². The summed E-state index contributed by atoms with van der Waals surface area (Å²) in [6, 6.07) is 8.44. The summed E-state index contributed by atoms with van der Waals surface area (Å²) in [5, 5.41) is 0. The molecule has 0 saturated carbocycles. The molecule has 0 amide bonds. The zero-order chi connectivity index (χ0) is 14.1. The lowest BCUT2D eigenvalue weighted by molar-refractivity contribution is 0.477. The predicted molar refractivity (Wildman–Crippen MR) is 78.1 cm³/mol. The van der Waals surface area contributed by atoms with Crippen LogP contribution in [-0.4, -0.2) is 25.8 Å². The van der Waals surface area contributed by atoms with Gasteiger partial charge < -0.3 is 0 Å². The van der Waals surface area contributed by atoms with Gasteiger partial charge in [-0.1, -0.05) is 43.2 Å². The zero-order valence-electron chi connectivity index (χ0n) is 11.3. The van der Waals surface area contributed by atoms with E-state index >= 15 is 0 Å². The van der Waals surface area contributed by atoms with Crippen LogP contribution in [0.5, 0.6) is 0 Å². The molecule has 0 aliphatic rings. The lowest BCUT2D eigenvalue weighted by Gasteiger charge is -2.18. The quantitative estimate of drug-likeness (QED) is 0.592. The highest BCUT2D eigenvalue weighted by molar-refractivity contribution is 7.89. The lowest BCUT2D eigenvalue weighted by Crippen LogP contribution is -2.31. The highest BCUT2D eigenvalue weighted by atomic mass is 32.2. The maximum Gasteiger partial charge on any atom is 0.244 e. The molecule has 0 fully saturated rings. The second-order valence-electron chi connectivity index (χ2n) is 3.92. The predicted octanol–water partition coefficient (Wildman–Crippen LogP) is 2.67. The van der Waals surface area contributed by atoms with E-state index in [1.165, 1.54) is 4.31 Å². The van der Waals surface area contributed by atoms with Crippen LogP contribution < -0.4 is 0 Å². The lowest BCUT2D eigenvalue weighted by atomic mass is 10.4. The van der Waals surface area contributed by atoms with E-state index in [-0.39, 0.29) is 6.54 Å². The molecule has 0 aromatic heterocycles. The molecular formula is C15H19NO2S. The first-order valence-electron chi connectivity index (χ1n) is 6.22. The Morgan fingerprint density at radius 1 is 1.21 bits per heavy atom. The summed E-state index contributed by atoms with van der Waals surface area (Å²) in [6.45, 7) is 4.27. The van der Waals surface area contributed by atoms with Crippen molar-refractivity contribution in [2.75, 3.05) is 13.1 Å². The second kappa shape index (κ2) is 7.78. The first kappa shape index (κ1) is 15.5. The maximum atomic E-state index is 12.5. The molecule has 3 nitrogen and oxygen atoms in total. The molecule has 0 bridgehead atoms. The molecule has 0 aliphatic carbocycles. The van der Waals surface area contributed by atoms with E-state index in [4.69, 9.17) is 0 Å². The zero-order valence-corrected chi connectivity index (χ0v) is 12.2. The monoisotopic (exact) mass is 277 g/mol. The molecule has 102 valence electrons. The van der Waals surface area contributed by atoms with Crippen molar-refractivity contribution in [1.82, 2.24) is 4.31 Å². The number of hydrogen-bond donors (Lipinski definition) is 0. The van der Waals surface area contributed by atoms with Gasteiger partial charge in [0.1, 0.15) is 0 Å². The fourth-order valence-corrected chi connectivity index (χ4v) is 2.83. The van der Waals surface area contributed by atoms with Gasteiger partial charge >= 0.3 is 0 Å². The summed E-state index contributed by atoms with van der Waals surface area (Å²) in [5.74, 6) is 5.55. The van der Waals surface area contributed by atoms with Gasteiger partial charge in [0, 0.05) is 6.54 Å². The molecular weight excluding hydrogens is 258 g/mol. The van der Waals surface area contributed by atoms with Gasteiger partial charge in [-0.05, 0) is 25.5 Å². The van der Waals surface area contributed by atoms with Gasteiger partial charge in [-0.15, -0.1) is 5.92 Å². The Morgan fingerprint density at radius 2 is 1.89 bits per heavy atom. The molecule has 0 saturated heterocycles. The molecule has 0 heterocycles. The molecule has 19 heavy (non-hydrogen) atoms. The fraction of sp³-hybridized carbons (Fsp3) is 0.333. The highest BCUT2D eigenvalue weighted by Crippen LogP contribution is 2.14. The van der Waals surface area contributed by atoms with Crippen molar-refractivity contribution in [3.8, 4) is 11.8 Å². The molecule has 0 atom stereocenters. The van der Waals surface area contributed by atoms with Gasteiger partial charge in [-0.2, -0.15) is 4.31 Å². The third-order valence-corrected chi connectivity index (χ3v) is 4.35. The summed E-state index contributed by atoms with van der Waals surface area (Å²) in [4.78, 5) is 0.304. The number of allylic oxidation sites excluding steroid dienone is 1. The standard InChI is InChI=1S/C15H19NO2S/c1-3-5-10-14-16(13-6-4-2)19(17,18)15-11-8-7-9-12-15/h5,7-12H,3,13-14H2,1-2H3/b10-5+. The molecule has 1 aromatic rings. The van der Waals surface area contributed by atoms with E-state index in [0.717, 1.165) is 6.42 Å². The van der Waals surface area contributed by atoms with Crippen LogP contribution in [0.25, 0.3) is 0 Å². The van der Waals surface area contributed by atoms with E-state index < -0.39 is 10.0 Å². The summed E-state index contributed by atoms with van der Waals surface area (Å²) in [6.07, 6.45) is 4.70. The topological polar surface area (TPSA) is 37.4 Å². The van der Waals surface area contributed by atoms with Crippen LogP contribution >= 0.6 is 0 Å². The van der Waals surface area contributed by atoms with Crippen molar-refractivity contribution in [2.24, 2.45) is 0 Å². The van der Waals surface area contributed by atoms with Gasteiger partial charge in [0.25, 0.3) is 0 Å². The normalized spacial score (nSPS) is 11.5. The molecule has 0 unspecified atom stereocenters. The van der Waals surface area contributed by atoms with Gasteiger partial charge in [0.05, 0.1) is 11.4 Å². The van der Waals surface area contributed by atoms with Crippen LogP contribution in [0.15, 0.2) is 47.4 Å². The van der Waals surface area contributed by atoms with E-state index in [1.54, 1.807) is 37.3 Å². The Kier molecular flexibility index (Phi) is 6.34. The van der Waals surface area contributed by atoms with E-state index in [2.05, 4.69) is 11.8 Å². The van der Waals surface area contributed by atoms with Crippen LogP contribution in [0.2, 0.25) is 0 Å². The number of hydrogen-bond acceptors (Lipinski definition) is 2. The molecule has 0 N–H and O–H groups in total. The number of nitrogens with zero attached hydrogens (tertiary/aromatic N) is 1. The minimum absolute atomic E-state index is 0.210. The van der Waals surface area contributed by atoms with Crippen molar-refractivity contribution in [3.05, 3.63) is 42.5 Å². The highest BCUT2D eigenvalue weighted by Gasteiger charge is 2.22. The van der Waals surface area contributed by atoms with Crippen LogP contribution in [0, 0.1) is 11.8 Å². The number of sulfonamides is 1. The Balaban J connectivity index is 3.00. The third kappa shape index (κ3) is 4.55. The minimum atomic E-state index is -3.47. The second-order valence-corrected chi connectivity index (χ2v) is 5.85. The molecule has 1 rings (SSSR count). The summed E-state index contributed by atoms with van der Waals surface area (Å²) < 4.78 is 26.3. The largest absolute Gasteiger partial charge is 0.244 e. The van der Waals surface area contributed by atoms with Crippen molar-refractivity contribution in [2.45, 2.75) is 25.2 Å². The fourth-order valence-electron chi connectivity index (χ4n) is 1.52. The van der Waals surface area contributed by atoms with Gasteiger partial charge in [-0.25, -0.2) is 8.42 Å². The summed E-state index contributed by atoms with van der Waals surface area (Å²) in [7, 11) is -3.47. The van der Waals surface area contributed by atoms with Crippen LogP contribution in [0.1, 0.15) is 20.3 Å². The molecule has 1 aromatic carbocycles. The molecule has 0 spiro atoms. The van der Waals surface area contributed by atoms with Crippen LogP contribution in [-0.2, 0) is 10.0 Å². The van der Waals surface area contributed by atoms with E-state index in [1.807, 2.05) is 19.1 Å². The third-order valence-electron chi connectivity index (χ3n) is 2.52. The Hall–Kier alpha value is -1.57. The van der Waals surface area contributed by atoms with Crippen molar-refractivity contribution in [3.63, 3.8) is 0 Å². The summed E-state index contributed by atoms with van der Waals surface area (Å²) >= 11 is 0. The first-order valence-corrected chi connectivity index (χ1v) is 7.66. The van der Waals surface area contributed by atoms with Crippen molar-refractivity contribution < 1.29 is 8.42 Å². The average molecular weight is 277 g/mol. The molecule has 0 aliphatic heterocycles. The van der Waals surface area contributed by atoms with Crippen LogP contribution in [0.4, 0.5) is 0 Å². The minimum Gasteiger partial charge on any atom is -0.207 e. The SMILES string of the molecule is CC#CCN(C/C=C/CC)S(=O)(=O)c1ccccc1. The molecule has 4 heteroatoms. The average Bonchev–Trinajstić information content (AvgIpc) is 2.43.